The van der Waals surface area contributed by atoms with Crippen molar-refractivity contribution in [3.8, 4) is 5.75 Å². The fraction of sp³-hybridized carbons (Fsp3) is 0.500. The molecule has 0 bridgehead atoms. The zero-order valence-corrected chi connectivity index (χ0v) is 21.8. The number of amides is 2. The zero-order chi connectivity index (χ0) is 28.5. The molecular formula is C28H31FN4O7. The minimum Gasteiger partial charge on any atom is -0.511 e. The highest BCUT2D eigenvalue weighted by Crippen LogP contribution is 2.51. The summed E-state index contributed by atoms with van der Waals surface area (Å²) in [5, 5.41) is 35.8. The second-order valence-corrected chi connectivity index (χ2v) is 11.4. The van der Waals surface area contributed by atoms with E-state index in [1.54, 1.807) is 0 Å². The Morgan fingerprint density at radius 2 is 1.75 bits per heavy atom. The smallest absolute Gasteiger partial charge is 0.255 e. The van der Waals surface area contributed by atoms with Crippen LogP contribution in [-0.2, 0) is 20.8 Å². The molecule has 5 aliphatic rings. The van der Waals surface area contributed by atoms with Gasteiger partial charge in [-0.2, -0.15) is 0 Å². The Labute approximate surface area is 229 Å². The summed E-state index contributed by atoms with van der Waals surface area (Å²) in [6.45, 7) is 2.80. The normalized spacial score (nSPS) is 28.6. The number of carbonyl (C=O) groups excluding carboxylic acids is 4. The average molecular weight is 555 g/mol. The van der Waals surface area contributed by atoms with Gasteiger partial charge in [-0.05, 0) is 57.0 Å². The summed E-state index contributed by atoms with van der Waals surface area (Å²) in [5.74, 6) is -8.33. The molecule has 6 N–H and O–H groups in total. The number of phenols is 1. The number of nitrogens with one attached hydrogen (secondary N) is 1. The van der Waals surface area contributed by atoms with E-state index >= 15 is 4.39 Å². The van der Waals surface area contributed by atoms with Gasteiger partial charge in [0.05, 0.1) is 29.8 Å². The van der Waals surface area contributed by atoms with Crippen molar-refractivity contribution >= 4 is 29.1 Å². The van der Waals surface area contributed by atoms with E-state index in [1.807, 2.05) is 9.80 Å². The third-order valence-electron chi connectivity index (χ3n) is 9.08. The van der Waals surface area contributed by atoms with Crippen molar-refractivity contribution in [1.29, 1.82) is 0 Å². The van der Waals surface area contributed by atoms with Gasteiger partial charge in [0.1, 0.15) is 22.9 Å². The van der Waals surface area contributed by atoms with E-state index < -0.39 is 75.8 Å². The molecule has 0 aromatic heterocycles. The minimum absolute atomic E-state index is 0.0414. The van der Waals surface area contributed by atoms with Crippen LogP contribution in [0.4, 0.5) is 10.1 Å². The molecule has 2 fully saturated rings. The molecule has 0 saturated carbocycles. The Bertz CT molecular complexity index is 1410. The molecule has 0 spiro atoms. The highest BCUT2D eigenvalue weighted by atomic mass is 19.1. The summed E-state index contributed by atoms with van der Waals surface area (Å²) in [6.07, 6.45) is 2.91. The van der Waals surface area contributed by atoms with Crippen molar-refractivity contribution in [2.45, 2.75) is 38.1 Å². The van der Waals surface area contributed by atoms with Crippen LogP contribution in [0.15, 0.2) is 28.7 Å². The van der Waals surface area contributed by atoms with Gasteiger partial charge in [-0.25, -0.2) is 4.39 Å². The quantitative estimate of drug-likeness (QED) is 0.266. The summed E-state index contributed by atoms with van der Waals surface area (Å²) in [6, 6.07) is 0.232. The maximum Gasteiger partial charge on any atom is 0.255 e. The van der Waals surface area contributed by atoms with Gasteiger partial charge in [0.25, 0.3) is 5.91 Å². The first-order chi connectivity index (χ1) is 19.1. The average Bonchev–Trinajstić information content (AvgIpc) is 3.35. The van der Waals surface area contributed by atoms with E-state index in [-0.39, 0.29) is 41.8 Å². The lowest BCUT2D eigenvalue weighted by Crippen LogP contribution is -2.58. The summed E-state index contributed by atoms with van der Waals surface area (Å²) >= 11 is 0. The summed E-state index contributed by atoms with van der Waals surface area (Å²) in [5.41, 5.74) is 4.04. The fourth-order valence-electron chi connectivity index (χ4n) is 7.15. The van der Waals surface area contributed by atoms with Crippen LogP contribution in [0.5, 0.6) is 5.75 Å². The number of rotatable bonds is 5. The number of ketones is 2. The van der Waals surface area contributed by atoms with Crippen molar-refractivity contribution in [1.82, 2.24) is 9.80 Å². The van der Waals surface area contributed by atoms with Crippen molar-refractivity contribution in [2.75, 3.05) is 38.0 Å². The molecule has 2 heterocycles. The van der Waals surface area contributed by atoms with Gasteiger partial charge in [-0.3, -0.25) is 29.0 Å². The third-order valence-corrected chi connectivity index (χ3v) is 9.08. The van der Waals surface area contributed by atoms with E-state index in [0.29, 0.717) is 13.1 Å². The van der Waals surface area contributed by atoms with Crippen LogP contribution in [0.3, 0.4) is 0 Å². The van der Waals surface area contributed by atoms with Gasteiger partial charge in [-0.15, -0.1) is 0 Å². The molecule has 6 rings (SSSR count). The first-order valence-corrected chi connectivity index (χ1v) is 13.6. The number of phenolic OH excluding ortho intramolecular Hbond substituents is 1. The number of aromatic hydroxyl groups is 1. The molecule has 11 nitrogen and oxygen atoms in total. The molecule has 2 amide bonds. The van der Waals surface area contributed by atoms with Gasteiger partial charge in [-0.1, -0.05) is 0 Å². The number of carbonyl (C=O) groups is 4. The number of halogens is 1. The number of hydrogen-bond acceptors (Lipinski definition) is 9. The number of aliphatic hydroxyl groups is 2. The predicted molar refractivity (Wildman–Crippen MR) is 139 cm³/mol. The lowest BCUT2D eigenvalue weighted by Gasteiger charge is -2.49. The Morgan fingerprint density at radius 3 is 2.38 bits per heavy atom. The third kappa shape index (κ3) is 4.00. The largest absolute Gasteiger partial charge is 0.511 e. The number of allylic oxidation sites excluding steroid dienone is 2. The molecule has 0 unspecified atom stereocenters. The van der Waals surface area contributed by atoms with Crippen LogP contribution in [-0.4, -0.2) is 87.3 Å². The number of benzene rings is 1. The number of nitrogens with zero attached hydrogens (tertiary/aromatic N) is 2. The number of fused-ring (bicyclic) bond motifs is 3. The van der Waals surface area contributed by atoms with Gasteiger partial charge in [0.2, 0.25) is 5.91 Å². The number of likely N-dealkylation sites (tertiary alicyclic amines) is 2. The Morgan fingerprint density at radius 1 is 1.05 bits per heavy atom. The number of hydrogen-bond donors (Lipinski definition) is 5. The molecule has 40 heavy (non-hydrogen) atoms. The van der Waals surface area contributed by atoms with Gasteiger partial charge in [0.15, 0.2) is 17.3 Å². The van der Waals surface area contributed by atoms with Crippen LogP contribution >= 0.6 is 0 Å². The molecule has 12 heteroatoms. The fourth-order valence-corrected chi connectivity index (χ4v) is 7.15. The molecule has 3 aliphatic carbocycles. The summed E-state index contributed by atoms with van der Waals surface area (Å²) in [4.78, 5) is 55.6. The monoisotopic (exact) mass is 554 g/mol. The maximum absolute atomic E-state index is 15.4. The summed E-state index contributed by atoms with van der Waals surface area (Å²) < 4.78 is 15.4. The van der Waals surface area contributed by atoms with Crippen molar-refractivity contribution in [2.24, 2.45) is 23.5 Å². The molecule has 1 aromatic carbocycles. The van der Waals surface area contributed by atoms with Gasteiger partial charge < -0.3 is 26.4 Å². The lowest BCUT2D eigenvalue weighted by atomic mass is 9.60. The molecule has 2 aliphatic heterocycles. The van der Waals surface area contributed by atoms with Gasteiger partial charge >= 0.3 is 0 Å². The number of anilines is 1. The standard InChI is InChI=1S/C28H31FN4O7/c29-15-10-16(31-17(34)11-32-4-1-2-5-32)23(35)19-13(15)8-12-9-14-20(25(37)18(12)24(19)36)26(38)21(28(30)40)27(39)22(14)33-6-3-7-33/h10,12,14,20,22,35,37,39H,1-9,11H2,(H2,30,40)(H,31,34)/t12-,14+,20+,22-/m0/s1. The van der Waals surface area contributed by atoms with Crippen LogP contribution in [0.1, 0.15) is 41.6 Å². The zero-order valence-electron chi connectivity index (χ0n) is 21.8. The SMILES string of the molecule is NC(=O)C1=C(O)[C@@H](N2CCC2)[C@@H]2C[C@@H]3Cc4c(F)cc(NC(=O)CN5CCCC5)c(O)c4C(=O)C3=C(O)[C@@H]2C1=O. The Balaban J connectivity index is 1.38. The summed E-state index contributed by atoms with van der Waals surface area (Å²) in [7, 11) is 0. The van der Waals surface area contributed by atoms with E-state index in [9.17, 15) is 34.5 Å². The van der Waals surface area contributed by atoms with E-state index in [2.05, 4.69) is 5.32 Å². The molecule has 212 valence electrons. The second-order valence-electron chi connectivity index (χ2n) is 11.4. The number of primary amides is 1. The lowest BCUT2D eigenvalue weighted by molar-refractivity contribution is -0.128. The van der Waals surface area contributed by atoms with E-state index in [4.69, 9.17) is 5.73 Å². The van der Waals surface area contributed by atoms with Crippen LogP contribution in [0.2, 0.25) is 0 Å². The predicted octanol–water partition coefficient (Wildman–Crippen LogP) is 1.32. The first kappa shape index (κ1) is 26.5. The van der Waals surface area contributed by atoms with Crippen LogP contribution in [0.25, 0.3) is 0 Å². The van der Waals surface area contributed by atoms with E-state index in [0.717, 1.165) is 38.4 Å². The number of aliphatic hydroxyl groups excluding tert-OH is 2. The highest BCUT2D eigenvalue weighted by Gasteiger charge is 2.55. The molecule has 4 atom stereocenters. The minimum atomic E-state index is -1.30. The topological polar surface area (TPSA) is 173 Å². The highest BCUT2D eigenvalue weighted by molar-refractivity contribution is 6.22. The first-order valence-electron chi connectivity index (χ1n) is 13.6. The Hall–Kier alpha value is -3.77. The second kappa shape index (κ2) is 9.70. The van der Waals surface area contributed by atoms with Crippen molar-refractivity contribution < 1.29 is 38.9 Å². The molecule has 1 aromatic rings. The number of Topliss-reactive ketones (excluding diaryl/α,β-unsaturated/α-hetero) is 2. The molecule has 0 radical (unpaired) electrons. The molecule has 2 saturated heterocycles. The van der Waals surface area contributed by atoms with Crippen LogP contribution < -0.4 is 11.1 Å². The van der Waals surface area contributed by atoms with Crippen molar-refractivity contribution in [3.63, 3.8) is 0 Å². The number of nitrogens with two attached hydrogens (primary N) is 1. The Kier molecular flexibility index (Phi) is 6.42. The van der Waals surface area contributed by atoms with Crippen LogP contribution in [0, 0.1) is 23.6 Å². The van der Waals surface area contributed by atoms with Gasteiger partial charge in [0, 0.05) is 30.3 Å². The van der Waals surface area contributed by atoms with Crippen molar-refractivity contribution in [3.05, 3.63) is 45.7 Å². The maximum atomic E-state index is 15.4. The van der Waals surface area contributed by atoms with E-state index in [1.165, 1.54) is 0 Å². The molecular weight excluding hydrogens is 523 g/mol.